The number of carboxylic acids is 1. The zero-order valence-corrected chi connectivity index (χ0v) is 10.7. The fourth-order valence-electron chi connectivity index (χ4n) is 1.74. The predicted octanol–water partition coefficient (Wildman–Crippen LogP) is 2.85. The fourth-order valence-corrected chi connectivity index (χ4v) is 1.95. The Balaban J connectivity index is 2.87. The maximum absolute atomic E-state index is 11.3. The van der Waals surface area contributed by atoms with Crippen LogP contribution in [0.5, 0.6) is 0 Å². The molecule has 3 nitrogen and oxygen atoms in total. The number of rotatable bonds is 6. The topological polar surface area (TPSA) is 63.3 Å². The average molecular weight is 256 g/mol. The van der Waals surface area contributed by atoms with Crippen LogP contribution in [0.3, 0.4) is 0 Å². The van der Waals surface area contributed by atoms with Crippen LogP contribution in [0.1, 0.15) is 31.7 Å². The van der Waals surface area contributed by atoms with Gasteiger partial charge in [-0.2, -0.15) is 0 Å². The zero-order chi connectivity index (χ0) is 12.9. The first-order valence-corrected chi connectivity index (χ1v) is 6.13. The quantitative estimate of drug-likeness (QED) is 0.822. The van der Waals surface area contributed by atoms with Gasteiger partial charge in [-0.05, 0) is 18.1 Å². The van der Waals surface area contributed by atoms with Crippen LogP contribution in [-0.2, 0) is 11.2 Å². The Morgan fingerprint density at radius 1 is 1.47 bits per heavy atom. The Hall–Kier alpha value is -1.06. The number of aliphatic carboxylic acids is 1. The third-order valence-electron chi connectivity index (χ3n) is 2.87. The standard InChI is InChI=1S/C13H18ClNO2/c1-2-3-8-13(15,12(16)17)9-10-6-4-5-7-11(10)14/h4-7H,2-3,8-9,15H2,1H3,(H,16,17). The monoisotopic (exact) mass is 255 g/mol. The molecule has 4 heteroatoms. The minimum Gasteiger partial charge on any atom is -0.480 e. The molecule has 1 rings (SSSR count). The first-order chi connectivity index (χ1) is 7.99. The molecule has 0 amide bonds. The van der Waals surface area contributed by atoms with Crippen molar-refractivity contribution in [2.75, 3.05) is 0 Å². The Morgan fingerprint density at radius 2 is 2.12 bits per heavy atom. The van der Waals surface area contributed by atoms with Crippen molar-refractivity contribution in [3.05, 3.63) is 34.9 Å². The Bertz CT molecular complexity index is 395. The summed E-state index contributed by atoms with van der Waals surface area (Å²) in [4.78, 5) is 11.3. The van der Waals surface area contributed by atoms with Crippen molar-refractivity contribution in [1.82, 2.24) is 0 Å². The van der Waals surface area contributed by atoms with Crippen LogP contribution in [0.15, 0.2) is 24.3 Å². The van der Waals surface area contributed by atoms with Crippen molar-refractivity contribution in [3.8, 4) is 0 Å². The molecule has 3 N–H and O–H groups in total. The first-order valence-electron chi connectivity index (χ1n) is 5.75. The number of benzene rings is 1. The third-order valence-corrected chi connectivity index (χ3v) is 3.23. The van der Waals surface area contributed by atoms with Gasteiger partial charge >= 0.3 is 5.97 Å². The van der Waals surface area contributed by atoms with Gasteiger partial charge in [0.1, 0.15) is 5.54 Å². The van der Waals surface area contributed by atoms with Crippen molar-refractivity contribution in [3.63, 3.8) is 0 Å². The smallest absolute Gasteiger partial charge is 0.324 e. The molecule has 0 aliphatic rings. The van der Waals surface area contributed by atoms with Gasteiger partial charge in [0.2, 0.25) is 0 Å². The van der Waals surface area contributed by atoms with E-state index in [1.807, 2.05) is 25.1 Å². The van der Waals surface area contributed by atoms with E-state index in [-0.39, 0.29) is 6.42 Å². The van der Waals surface area contributed by atoms with Crippen molar-refractivity contribution in [1.29, 1.82) is 0 Å². The molecule has 1 atom stereocenters. The molecule has 94 valence electrons. The van der Waals surface area contributed by atoms with Gasteiger partial charge in [-0.15, -0.1) is 0 Å². The molecule has 0 radical (unpaired) electrons. The SMILES string of the molecule is CCCCC(N)(Cc1ccccc1Cl)C(=O)O. The van der Waals surface area contributed by atoms with Crippen molar-refractivity contribution in [2.45, 2.75) is 38.1 Å². The number of hydrogen-bond acceptors (Lipinski definition) is 2. The van der Waals surface area contributed by atoms with E-state index in [2.05, 4.69) is 0 Å². The average Bonchev–Trinajstić information content (AvgIpc) is 2.29. The molecule has 17 heavy (non-hydrogen) atoms. The molecule has 0 bridgehead atoms. The number of halogens is 1. The van der Waals surface area contributed by atoms with Gasteiger partial charge in [-0.1, -0.05) is 49.6 Å². The minimum atomic E-state index is -1.22. The Labute approximate surface area is 107 Å². The van der Waals surface area contributed by atoms with Crippen LogP contribution in [0.4, 0.5) is 0 Å². The summed E-state index contributed by atoms with van der Waals surface area (Å²) in [5.74, 6) is -0.967. The second kappa shape index (κ2) is 6.03. The normalized spacial score (nSPS) is 14.3. The molecule has 0 fully saturated rings. The number of nitrogens with two attached hydrogens (primary N) is 1. The summed E-state index contributed by atoms with van der Waals surface area (Å²) in [6, 6.07) is 7.22. The van der Waals surface area contributed by atoms with Crippen LogP contribution in [-0.4, -0.2) is 16.6 Å². The van der Waals surface area contributed by atoms with E-state index in [1.165, 1.54) is 0 Å². The van der Waals surface area contributed by atoms with Crippen LogP contribution in [0.2, 0.25) is 5.02 Å². The molecule has 0 aliphatic heterocycles. The summed E-state index contributed by atoms with van der Waals surface area (Å²) >= 11 is 6.02. The molecular formula is C13H18ClNO2. The van der Waals surface area contributed by atoms with Crippen molar-refractivity contribution < 1.29 is 9.90 Å². The molecule has 0 saturated carbocycles. The molecule has 1 unspecified atom stereocenters. The molecule has 0 saturated heterocycles. The summed E-state index contributed by atoms with van der Waals surface area (Å²) in [5.41, 5.74) is 5.54. The molecule has 0 aliphatic carbocycles. The highest BCUT2D eigenvalue weighted by Gasteiger charge is 2.33. The Morgan fingerprint density at radius 3 is 2.65 bits per heavy atom. The van der Waals surface area contributed by atoms with Gasteiger partial charge in [-0.25, -0.2) is 0 Å². The van der Waals surface area contributed by atoms with E-state index in [4.69, 9.17) is 17.3 Å². The molecular weight excluding hydrogens is 238 g/mol. The minimum absolute atomic E-state index is 0.266. The lowest BCUT2D eigenvalue weighted by Crippen LogP contribution is -2.49. The van der Waals surface area contributed by atoms with E-state index >= 15 is 0 Å². The maximum Gasteiger partial charge on any atom is 0.324 e. The second-order valence-corrected chi connectivity index (χ2v) is 4.74. The summed E-state index contributed by atoms with van der Waals surface area (Å²) in [6.07, 6.45) is 2.45. The number of carboxylic acid groups (broad SMARTS) is 1. The lowest BCUT2D eigenvalue weighted by molar-refractivity contribution is -0.143. The van der Waals surface area contributed by atoms with E-state index in [9.17, 15) is 9.90 Å². The lowest BCUT2D eigenvalue weighted by atomic mass is 9.87. The third kappa shape index (κ3) is 3.72. The highest BCUT2D eigenvalue weighted by atomic mass is 35.5. The highest BCUT2D eigenvalue weighted by molar-refractivity contribution is 6.31. The predicted molar refractivity (Wildman–Crippen MR) is 69.2 cm³/mol. The number of unbranched alkanes of at least 4 members (excludes halogenated alkanes) is 1. The second-order valence-electron chi connectivity index (χ2n) is 4.33. The largest absolute Gasteiger partial charge is 0.480 e. The summed E-state index contributed by atoms with van der Waals surface area (Å²) < 4.78 is 0. The van der Waals surface area contributed by atoms with Crippen LogP contribution in [0, 0.1) is 0 Å². The van der Waals surface area contributed by atoms with E-state index in [1.54, 1.807) is 6.07 Å². The fraction of sp³-hybridized carbons (Fsp3) is 0.462. The summed E-state index contributed by atoms with van der Waals surface area (Å²) in [5, 5.41) is 9.81. The van der Waals surface area contributed by atoms with E-state index < -0.39 is 11.5 Å². The van der Waals surface area contributed by atoms with Gasteiger partial charge in [-0.3, -0.25) is 4.79 Å². The molecule has 1 aromatic carbocycles. The van der Waals surface area contributed by atoms with Crippen molar-refractivity contribution >= 4 is 17.6 Å². The van der Waals surface area contributed by atoms with Gasteiger partial charge in [0.25, 0.3) is 0 Å². The van der Waals surface area contributed by atoms with E-state index in [0.29, 0.717) is 11.4 Å². The highest BCUT2D eigenvalue weighted by Crippen LogP contribution is 2.23. The molecule has 0 spiro atoms. The molecule has 0 heterocycles. The Kier molecular flexibility index (Phi) is 4.97. The summed E-state index contributed by atoms with van der Waals surface area (Å²) in [7, 11) is 0. The lowest BCUT2D eigenvalue weighted by Gasteiger charge is -2.25. The van der Waals surface area contributed by atoms with Gasteiger partial charge in [0, 0.05) is 11.4 Å². The first kappa shape index (κ1) is 14.0. The van der Waals surface area contributed by atoms with Gasteiger partial charge in [0.05, 0.1) is 0 Å². The van der Waals surface area contributed by atoms with Crippen LogP contribution in [0.25, 0.3) is 0 Å². The summed E-state index contributed by atoms with van der Waals surface area (Å²) in [6.45, 7) is 2.01. The van der Waals surface area contributed by atoms with Crippen LogP contribution < -0.4 is 5.73 Å². The molecule has 0 aromatic heterocycles. The molecule has 1 aromatic rings. The number of carbonyl (C=O) groups is 1. The zero-order valence-electron chi connectivity index (χ0n) is 9.95. The van der Waals surface area contributed by atoms with Crippen LogP contribution >= 0.6 is 11.6 Å². The van der Waals surface area contributed by atoms with Gasteiger partial charge < -0.3 is 10.8 Å². The van der Waals surface area contributed by atoms with Crippen molar-refractivity contribution in [2.24, 2.45) is 5.73 Å². The number of hydrogen-bond donors (Lipinski definition) is 2. The van der Waals surface area contributed by atoms with E-state index in [0.717, 1.165) is 18.4 Å². The maximum atomic E-state index is 11.3. The van der Waals surface area contributed by atoms with Gasteiger partial charge in [0.15, 0.2) is 0 Å².